The van der Waals surface area contributed by atoms with Gasteiger partial charge in [0, 0.05) is 18.9 Å². The first kappa shape index (κ1) is 11.5. The molecule has 1 saturated carbocycles. The van der Waals surface area contributed by atoms with Gasteiger partial charge in [0.05, 0.1) is 6.04 Å². The molecule has 0 aromatic heterocycles. The monoisotopic (exact) mass is 243 g/mol. The fourth-order valence-electron chi connectivity index (χ4n) is 3.36. The van der Waals surface area contributed by atoms with Crippen molar-refractivity contribution >= 4 is 12.2 Å². The lowest BCUT2D eigenvalue weighted by Crippen LogP contribution is -2.39. The molecule has 1 aliphatic carbocycles. The van der Waals surface area contributed by atoms with Gasteiger partial charge in [0.25, 0.3) is 0 Å². The number of nitrogens with zero attached hydrogens (tertiary/aromatic N) is 1. The Hall–Kier alpha value is -1.64. The van der Waals surface area contributed by atoms with E-state index in [1.807, 2.05) is 17.0 Å². The third kappa shape index (κ3) is 1.74. The molecule has 3 rings (SSSR count). The van der Waals surface area contributed by atoms with Crippen LogP contribution in [-0.2, 0) is 16.0 Å². The second-order valence-electron chi connectivity index (χ2n) is 5.20. The molecule has 1 amide bonds. The van der Waals surface area contributed by atoms with Crippen LogP contribution in [0.25, 0.3) is 0 Å². The van der Waals surface area contributed by atoms with E-state index in [-0.39, 0.29) is 12.0 Å². The van der Waals surface area contributed by atoms with Crippen LogP contribution >= 0.6 is 0 Å². The van der Waals surface area contributed by atoms with Gasteiger partial charge >= 0.3 is 0 Å². The smallest absolute Gasteiger partial charge is 0.210 e. The summed E-state index contributed by atoms with van der Waals surface area (Å²) in [5, 5.41) is 0. The minimum atomic E-state index is -0.0255. The maximum Gasteiger partial charge on any atom is 0.210 e. The van der Waals surface area contributed by atoms with Crippen molar-refractivity contribution in [1.82, 2.24) is 4.90 Å². The zero-order valence-electron chi connectivity index (χ0n) is 10.3. The molecule has 2 atom stereocenters. The Labute approximate surface area is 107 Å². The van der Waals surface area contributed by atoms with Crippen LogP contribution in [0.2, 0.25) is 0 Å². The molecule has 1 aliphatic heterocycles. The van der Waals surface area contributed by atoms with Gasteiger partial charge in [0.2, 0.25) is 6.41 Å². The molecule has 3 nitrogen and oxygen atoms in total. The van der Waals surface area contributed by atoms with Crippen LogP contribution in [0.4, 0.5) is 0 Å². The first-order valence-electron chi connectivity index (χ1n) is 6.63. The van der Waals surface area contributed by atoms with Gasteiger partial charge in [0.15, 0.2) is 0 Å². The van der Waals surface area contributed by atoms with E-state index in [1.54, 1.807) is 0 Å². The average molecular weight is 243 g/mol. The first-order chi connectivity index (χ1) is 8.81. The maximum absolute atomic E-state index is 12.0. The number of amides is 1. The molecular weight excluding hydrogens is 226 g/mol. The van der Waals surface area contributed by atoms with E-state index in [2.05, 4.69) is 12.1 Å². The highest BCUT2D eigenvalue weighted by Crippen LogP contribution is 2.40. The summed E-state index contributed by atoms with van der Waals surface area (Å²) in [6.45, 7) is 0.731. The summed E-state index contributed by atoms with van der Waals surface area (Å²) >= 11 is 0. The van der Waals surface area contributed by atoms with E-state index in [9.17, 15) is 9.59 Å². The Morgan fingerprint density at radius 3 is 2.78 bits per heavy atom. The van der Waals surface area contributed by atoms with E-state index in [1.165, 1.54) is 11.1 Å². The van der Waals surface area contributed by atoms with Crippen LogP contribution in [0.3, 0.4) is 0 Å². The van der Waals surface area contributed by atoms with Crippen LogP contribution < -0.4 is 0 Å². The predicted molar refractivity (Wildman–Crippen MR) is 68.0 cm³/mol. The van der Waals surface area contributed by atoms with Gasteiger partial charge in [0.1, 0.15) is 5.78 Å². The number of fused-ring (bicyclic) bond motifs is 1. The zero-order valence-corrected chi connectivity index (χ0v) is 10.3. The first-order valence-corrected chi connectivity index (χ1v) is 6.63. The second kappa shape index (κ2) is 4.56. The van der Waals surface area contributed by atoms with Gasteiger partial charge < -0.3 is 4.90 Å². The number of carbonyl (C=O) groups is 2. The molecule has 1 heterocycles. The van der Waals surface area contributed by atoms with Crippen molar-refractivity contribution < 1.29 is 9.59 Å². The Kier molecular flexibility index (Phi) is 2.90. The van der Waals surface area contributed by atoms with Crippen molar-refractivity contribution in [2.75, 3.05) is 6.54 Å². The molecule has 0 radical (unpaired) electrons. The van der Waals surface area contributed by atoms with Gasteiger partial charge in [-0.25, -0.2) is 0 Å². The number of benzene rings is 1. The van der Waals surface area contributed by atoms with Crippen molar-refractivity contribution in [2.45, 2.75) is 31.7 Å². The third-order valence-corrected chi connectivity index (χ3v) is 4.24. The Bertz CT molecular complexity index is 483. The molecule has 0 saturated heterocycles. The van der Waals surface area contributed by atoms with Crippen molar-refractivity contribution in [2.24, 2.45) is 5.92 Å². The minimum Gasteiger partial charge on any atom is -0.337 e. The number of rotatable bonds is 2. The SMILES string of the molecule is O=CN1CCc2ccccc2C1C1CCCC1=O. The van der Waals surface area contributed by atoms with Crippen molar-refractivity contribution in [1.29, 1.82) is 0 Å². The largest absolute Gasteiger partial charge is 0.337 e. The topological polar surface area (TPSA) is 37.4 Å². The molecule has 1 fully saturated rings. The van der Waals surface area contributed by atoms with Crippen molar-refractivity contribution in [3.8, 4) is 0 Å². The van der Waals surface area contributed by atoms with Gasteiger partial charge in [-0.3, -0.25) is 9.59 Å². The lowest BCUT2D eigenvalue weighted by atomic mass is 9.84. The van der Waals surface area contributed by atoms with E-state index in [4.69, 9.17) is 0 Å². The molecule has 0 N–H and O–H groups in total. The second-order valence-corrected chi connectivity index (χ2v) is 5.20. The number of ketones is 1. The van der Waals surface area contributed by atoms with E-state index in [0.29, 0.717) is 12.2 Å². The molecule has 0 bridgehead atoms. The van der Waals surface area contributed by atoms with E-state index in [0.717, 1.165) is 32.2 Å². The summed E-state index contributed by atoms with van der Waals surface area (Å²) in [4.78, 5) is 25.1. The van der Waals surface area contributed by atoms with Gasteiger partial charge in [-0.05, 0) is 30.4 Å². The highest BCUT2D eigenvalue weighted by molar-refractivity contribution is 5.84. The summed E-state index contributed by atoms with van der Waals surface area (Å²) < 4.78 is 0. The Balaban J connectivity index is 2.02. The summed E-state index contributed by atoms with van der Waals surface area (Å²) in [6, 6.07) is 8.19. The molecule has 1 aromatic carbocycles. The Morgan fingerprint density at radius 2 is 2.06 bits per heavy atom. The highest BCUT2D eigenvalue weighted by atomic mass is 16.1. The van der Waals surface area contributed by atoms with Gasteiger partial charge in [-0.1, -0.05) is 24.3 Å². The highest BCUT2D eigenvalue weighted by Gasteiger charge is 2.38. The normalized spacial score (nSPS) is 27.1. The minimum absolute atomic E-state index is 0.0108. The fourth-order valence-corrected chi connectivity index (χ4v) is 3.36. The number of hydrogen-bond donors (Lipinski definition) is 0. The van der Waals surface area contributed by atoms with Crippen molar-refractivity contribution in [3.05, 3.63) is 35.4 Å². The van der Waals surface area contributed by atoms with Crippen LogP contribution in [0, 0.1) is 5.92 Å². The molecular formula is C15H17NO2. The van der Waals surface area contributed by atoms with Gasteiger partial charge in [-0.15, -0.1) is 0 Å². The number of hydrogen-bond acceptors (Lipinski definition) is 2. The summed E-state index contributed by atoms with van der Waals surface area (Å²) in [7, 11) is 0. The number of carbonyl (C=O) groups excluding carboxylic acids is 2. The fraction of sp³-hybridized carbons (Fsp3) is 0.467. The molecule has 2 aliphatic rings. The summed E-state index contributed by atoms with van der Waals surface area (Å²) in [6.07, 6.45) is 4.37. The summed E-state index contributed by atoms with van der Waals surface area (Å²) in [5.41, 5.74) is 2.47. The third-order valence-electron chi connectivity index (χ3n) is 4.24. The van der Waals surface area contributed by atoms with E-state index < -0.39 is 0 Å². The quantitative estimate of drug-likeness (QED) is 0.746. The maximum atomic E-state index is 12.0. The molecule has 2 unspecified atom stereocenters. The van der Waals surface area contributed by atoms with Crippen LogP contribution in [0.5, 0.6) is 0 Å². The molecule has 18 heavy (non-hydrogen) atoms. The zero-order chi connectivity index (χ0) is 12.5. The molecule has 0 spiro atoms. The van der Waals surface area contributed by atoms with Crippen LogP contribution in [0.1, 0.15) is 36.4 Å². The predicted octanol–water partition coefficient (Wildman–Crippen LogP) is 2.11. The summed E-state index contributed by atoms with van der Waals surface area (Å²) in [5.74, 6) is 0.334. The molecule has 1 aromatic rings. The lowest BCUT2D eigenvalue weighted by molar-refractivity contribution is -0.127. The molecule has 3 heteroatoms. The van der Waals surface area contributed by atoms with Crippen LogP contribution in [0.15, 0.2) is 24.3 Å². The van der Waals surface area contributed by atoms with Gasteiger partial charge in [-0.2, -0.15) is 0 Å². The number of Topliss-reactive ketones (excluding diaryl/α,β-unsaturated/α-hetero) is 1. The van der Waals surface area contributed by atoms with E-state index >= 15 is 0 Å². The molecule has 94 valence electrons. The van der Waals surface area contributed by atoms with Crippen LogP contribution in [-0.4, -0.2) is 23.6 Å². The average Bonchev–Trinajstić information content (AvgIpc) is 2.83. The lowest BCUT2D eigenvalue weighted by Gasteiger charge is -2.37. The van der Waals surface area contributed by atoms with Crippen molar-refractivity contribution in [3.63, 3.8) is 0 Å². The Morgan fingerprint density at radius 1 is 1.22 bits per heavy atom. The standard InChI is InChI=1S/C15H17NO2/c17-10-16-9-8-11-4-1-2-5-12(11)15(16)13-6-3-7-14(13)18/h1-2,4-5,10,13,15H,3,6-9H2.